The highest BCUT2D eigenvalue weighted by Crippen LogP contribution is 2.20. The fourth-order valence-electron chi connectivity index (χ4n) is 2.11. The van der Waals surface area contributed by atoms with Crippen molar-refractivity contribution in [2.45, 2.75) is 12.5 Å². The van der Waals surface area contributed by atoms with Crippen LogP contribution in [0.5, 0.6) is 0 Å². The minimum atomic E-state index is -0.0448. The number of rotatable bonds is 4. The second-order valence-electron chi connectivity index (χ2n) is 4.25. The van der Waals surface area contributed by atoms with Gasteiger partial charge in [0.15, 0.2) is 0 Å². The van der Waals surface area contributed by atoms with E-state index in [0.717, 1.165) is 16.8 Å². The molecule has 0 bridgehead atoms. The molecule has 0 spiro atoms. The first-order chi connectivity index (χ1) is 9.38. The first kappa shape index (κ1) is 11.8. The van der Waals surface area contributed by atoms with E-state index in [9.17, 15) is 0 Å². The van der Waals surface area contributed by atoms with Crippen LogP contribution in [0.2, 0.25) is 0 Å². The smallest absolute Gasteiger partial charge is 0.0893 e. The molecule has 1 atom stereocenters. The van der Waals surface area contributed by atoms with Crippen LogP contribution < -0.4 is 11.3 Å². The molecule has 3 N–H and O–H groups in total. The Morgan fingerprint density at radius 1 is 1.26 bits per heavy atom. The van der Waals surface area contributed by atoms with Crippen LogP contribution in [0.25, 0.3) is 5.52 Å². The number of nitrogens with zero attached hydrogens (tertiary/aromatic N) is 4. The Morgan fingerprint density at radius 3 is 3.00 bits per heavy atom. The first-order valence-electron chi connectivity index (χ1n) is 6.02. The molecule has 0 aliphatic heterocycles. The third kappa shape index (κ3) is 2.31. The molecule has 6 nitrogen and oxygen atoms in total. The molecule has 19 heavy (non-hydrogen) atoms. The highest BCUT2D eigenvalue weighted by atomic mass is 15.3. The number of fused-ring (bicyclic) bond motifs is 1. The van der Waals surface area contributed by atoms with Crippen LogP contribution in [-0.2, 0) is 6.42 Å². The molecule has 6 heteroatoms. The van der Waals surface area contributed by atoms with Crippen LogP contribution in [0, 0.1) is 0 Å². The number of aromatic nitrogens is 4. The molecule has 0 saturated heterocycles. The standard InChI is InChI=1S/C13H14N6/c14-18-12(7-10-3-1-2-4-16-10)11-8-17-19-6-5-15-9-13(11)19/h1-6,8-9,12,18H,7,14H2. The Hall–Kier alpha value is -2.31. The largest absolute Gasteiger partial charge is 0.271 e. The van der Waals surface area contributed by atoms with E-state index in [4.69, 9.17) is 5.84 Å². The first-order valence-corrected chi connectivity index (χ1v) is 6.02. The lowest BCUT2D eigenvalue weighted by Gasteiger charge is -2.14. The summed E-state index contributed by atoms with van der Waals surface area (Å²) >= 11 is 0. The third-order valence-corrected chi connectivity index (χ3v) is 3.07. The van der Waals surface area contributed by atoms with Gasteiger partial charge in [0.05, 0.1) is 24.0 Å². The number of pyridine rings is 1. The number of hydrazine groups is 1. The molecule has 0 aromatic carbocycles. The van der Waals surface area contributed by atoms with E-state index in [1.807, 2.05) is 30.6 Å². The average Bonchev–Trinajstić information content (AvgIpc) is 2.90. The average molecular weight is 254 g/mol. The minimum Gasteiger partial charge on any atom is -0.271 e. The zero-order chi connectivity index (χ0) is 13.1. The monoisotopic (exact) mass is 254 g/mol. The molecular weight excluding hydrogens is 240 g/mol. The normalized spacial score (nSPS) is 12.7. The Kier molecular flexibility index (Phi) is 3.18. The van der Waals surface area contributed by atoms with E-state index in [0.29, 0.717) is 6.42 Å². The van der Waals surface area contributed by atoms with Crippen molar-refractivity contribution in [2.75, 3.05) is 0 Å². The van der Waals surface area contributed by atoms with Gasteiger partial charge in [-0.2, -0.15) is 5.10 Å². The van der Waals surface area contributed by atoms with E-state index in [1.165, 1.54) is 0 Å². The van der Waals surface area contributed by atoms with Crippen molar-refractivity contribution >= 4 is 5.52 Å². The second-order valence-corrected chi connectivity index (χ2v) is 4.25. The lowest BCUT2D eigenvalue weighted by atomic mass is 10.0. The summed E-state index contributed by atoms with van der Waals surface area (Å²) in [7, 11) is 0. The van der Waals surface area contributed by atoms with E-state index in [-0.39, 0.29) is 6.04 Å². The molecule has 96 valence electrons. The number of hydrogen-bond acceptors (Lipinski definition) is 5. The molecule has 0 amide bonds. The summed E-state index contributed by atoms with van der Waals surface area (Å²) in [6.45, 7) is 0. The van der Waals surface area contributed by atoms with Gasteiger partial charge < -0.3 is 0 Å². The van der Waals surface area contributed by atoms with Crippen molar-refractivity contribution in [1.29, 1.82) is 0 Å². The van der Waals surface area contributed by atoms with E-state index in [2.05, 4.69) is 20.5 Å². The quantitative estimate of drug-likeness (QED) is 0.533. The van der Waals surface area contributed by atoms with Gasteiger partial charge in [-0.3, -0.25) is 21.2 Å². The minimum absolute atomic E-state index is 0.0448. The molecule has 0 aliphatic carbocycles. The zero-order valence-electron chi connectivity index (χ0n) is 10.3. The lowest BCUT2D eigenvalue weighted by Crippen LogP contribution is -2.29. The van der Waals surface area contributed by atoms with Gasteiger partial charge in [-0.15, -0.1) is 0 Å². The second kappa shape index (κ2) is 5.13. The van der Waals surface area contributed by atoms with Gasteiger partial charge in [-0.1, -0.05) is 6.07 Å². The van der Waals surface area contributed by atoms with Crippen LogP contribution in [0.15, 0.2) is 49.2 Å². The molecule has 0 radical (unpaired) electrons. The molecule has 0 fully saturated rings. The maximum absolute atomic E-state index is 5.67. The van der Waals surface area contributed by atoms with Crippen molar-refractivity contribution in [3.8, 4) is 0 Å². The summed E-state index contributed by atoms with van der Waals surface area (Å²) in [5.41, 5.74) is 5.77. The molecule has 3 aromatic heterocycles. The predicted octanol–water partition coefficient (Wildman–Crippen LogP) is 0.871. The third-order valence-electron chi connectivity index (χ3n) is 3.07. The molecular formula is C13H14N6. The van der Waals surface area contributed by atoms with Crippen molar-refractivity contribution in [3.63, 3.8) is 0 Å². The van der Waals surface area contributed by atoms with Crippen molar-refractivity contribution in [1.82, 2.24) is 25.0 Å². The summed E-state index contributed by atoms with van der Waals surface area (Å²) in [6, 6.07) is 5.80. The van der Waals surface area contributed by atoms with Gasteiger partial charge >= 0.3 is 0 Å². The Bertz CT molecular complexity index is 663. The van der Waals surface area contributed by atoms with Crippen LogP contribution in [-0.4, -0.2) is 19.6 Å². The number of nitrogens with two attached hydrogens (primary N) is 1. The topological polar surface area (TPSA) is 81.1 Å². The highest BCUT2D eigenvalue weighted by molar-refractivity contribution is 5.53. The summed E-state index contributed by atoms with van der Waals surface area (Å²) in [5, 5.41) is 4.29. The van der Waals surface area contributed by atoms with Crippen LogP contribution in [0.3, 0.4) is 0 Å². The Labute approximate surface area is 110 Å². The van der Waals surface area contributed by atoms with Crippen molar-refractivity contribution in [3.05, 3.63) is 60.4 Å². The van der Waals surface area contributed by atoms with E-state index in [1.54, 1.807) is 23.1 Å². The maximum Gasteiger partial charge on any atom is 0.0893 e. The molecule has 0 aliphatic rings. The summed E-state index contributed by atoms with van der Waals surface area (Å²) < 4.78 is 1.78. The maximum atomic E-state index is 5.67. The molecule has 1 unspecified atom stereocenters. The van der Waals surface area contributed by atoms with Gasteiger partial charge in [-0.05, 0) is 12.1 Å². The van der Waals surface area contributed by atoms with Gasteiger partial charge in [0.1, 0.15) is 0 Å². The van der Waals surface area contributed by atoms with E-state index < -0.39 is 0 Å². The molecule has 3 rings (SSSR count). The predicted molar refractivity (Wildman–Crippen MR) is 71.0 cm³/mol. The molecule has 0 saturated carbocycles. The lowest BCUT2D eigenvalue weighted by molar-refractivity contribution is 0.549. The van der Waals surface area contributed by atoms with Gasteiger partial charge in [0, 0.05) is 36.3 Å². The number of hydrogen-bond donors (Lipinski definition) is 2. The van der Waals surface area contributed by atoms with Crippen molar-refractivity contribution in [2.24, 2.45) is 5.84 Å². The van der Waals surface area contributed by atoms with Gasteiger partial charge in [0.25, 0.3) is 0 Å². The Balaban J connectivity index is 1.94. The zero-order valence-corrected chi connectivity index (χ0v) is 10.3. The molecule has 3 aromatic rings. The van der Waals surface area contributed by atoms with Crippen LogP contribution in [0.1, 0.15) is 17.3 Å². The van der Waals surface area contributed by atoms with Crippen molar-refractivity contribution < 1.29 is 0 Å². The highest BCUT2D eigenvalue weighted by Gasteiger charge is 2.16. The van der Waals surface area contributed by atoms with Crippen LogP contribution >= 0.6 is 0 Å². The summed E-state index contributed by atoms with van der Waals surface area (Å²) in [5.74, 6) is 5.67. The fraction of sp³-hybridized carbons (Fsp3) is 0.154. The van der Waals surface area contributed by atoms with Gasteiger partial charge in [-0.25, -0.2) is 4.52 Å². The number of nitrogens with one attached hydrogen (secondary N) is 1. The van der Waals surface area contributed by atoms with Gasteiger partial charge in [0.2, 0.25) is 0 Å². The fourth-order valence-corrected chi connectivity index (χ4v) is 2.11. The molecule has 3 heterocycles. The summed E-state index contributed by atoms with van der Waals surface area (Å²) in [6.07, 6.45) is 9.59. The Morgan fingerprint density at radius 2 is 2.21 bits per heavy atom. The summed E-state index contributed by atoms with van der Waals surface area (Å²) in [4.78, 5) is 8.44. The SMILES string of the molecule is NNC(Cc1ccccn1)c1cnn2ccncc12. The van der Waals surface area contributed by atoms with E-state index >= 15 is 0 Å². The van der Waals surface area contributed by atoms with Crippen LogP contribution in [0.4, 0.5) is 0 Å².